The van der Waals surface area contributed by atoms with Gasteiger partial charge >= 0.3 is 0 Å². The summed E-state index contributed by atoms with van der Waals surface area (Å²) in [4.78, 5) is 10.5. The quantitative estimate of drug-likeness (QED) is 0.802. The molecule has 2 aromatic heterocycles. The largest absolute Gasteiger partial charge is 0.353 e. The average Bonchev–Trinajstić information content (AvgIpc) is 3.23. The first-order valence-electron chi connectivity index (χ1n) is 8.85. The van der Waals surface area contributed by atoms with Crippen molar-refractivity contribution < 1.29 is 8.42 Å². The van der Waals surface area contributed by atoms with Crippen molar-refractivity contribution in [2.24, 2.45) is 0 Å². The molecule has 0 radical (unpaired) electrons. The van der Waals surface area contributed by atoms with Gasteiger partial charge in [0.1, 0.15) is 10.7 Å². The molecule has 6 nitrogen and oxygen atoms in total. The highest BCUT2D eigenvalue weighted by atomic mass is 32.2. The first-order valence-corrected chi connectivity index (χ1v) is 11.2. The fourth-order valence-electron chi connectivity index (χ4n) is 4.19. The van der Waals surface area contributed by atoms with Crippen molar-refractivity contribution in [2.45, 2.75) is 43.4 Å². The molecule has 4 heterocycles. The fourth-order valence-corrected chi connectivity index (χ4v) is 6.96. The van der Waals surface area contributed by atoms with Gasteiger partial charge < -0.3 is 4.90 Å². The van der Waals surface area contributed by atoms with Gasteiger partial charge in [0.15, 0.2) is 0 Å². The van der Waals surface area contributed by atoms with Crippen LogP contribution in [-0.4, -0.2) is 60.9 Å². The van der Waals surface area contributed by atoms with Gasteiger partial charge in [-0.1, -0.05) is 6.07 Å². The molecule has 4 rings (SSSR count). The molecule has 0 N–H and O–H groups in total. The maximum absolute atomic E-state index is 13.4. The monoisotopic (exact) mass is 392 g/mol. The highest BCUT2D eigenvalue weighted by molar-refractivity contribution is 7.89. The number of sulfonamides is 1. The van der Waals surface area contributed by atoms with Gasteiger partial charge in [0.25, 0.3) is 0 Å². The van der Waals surface area contributed by atoms with E-state index in [9.17, 15) is 8.42 Å². The second-order valence-corrected chi connectivity index (χ2v) is 10.1. The SMILES string of the molecule is CC(C)N1[C@@H]2CN(Cc3cccs3)C[C@H]2N(C)c2ncccc2S1(=O)=O. The lowest BCUT2D eigenvalue weighted by Crippen LogP contribution is -2.52. The number of hydrogen-bond donors (Lipinski definition) is 0. The molecular formula is C18H24N4O2S2. The Morgan fingerprint density at radius 2 is 2.00 bits per heavy atom. The molecule has 26 heavy (non-hydrogen) atoms. The van der Waals surface area contributed by atoms with E-state index in [-0.39, 0.29) is 18.1 Å². The summed E-state index contributed by atoms with van der Waals surface area (Å²) in [6.45, 7) is 6.33. The Kier molecular flexibility index (Phi) is 4.54. The molecule has 0 bridgehead atoms. The van der Waals surface area contributed by atoms with Crippen molar-refractivity contribution in [1.29, 1.82) is 0 Å². The highest BCUT2D eigenvalue weighted by Gasteiger charge is 2.49. The number of likely N-dealkylation sites (tertiary alicyclic amines) is 1. The fraction of sp³-hybridized carbons (Fsp3) is 0.500. The van der Waals surface area contributed by atoms with Crippen molar-refractivity contribution in [3.05, 3.63) is 40.7 Å². The zero-order valence-electron chi connectivity index (χ0n) is 15.2. The molecule has 0 amide bonds. The number of pyridine rings is 1. The molecule has 2 aliphatic heterocycles. The maximum Gasteiger partial charge on any atom is 0.247 e. The van der Waals surface area contributed by atoms with Crippen LogP contribution in [0.15, 0.2) is 40.7 Å². The van der Waals surface area contributed by atoms with Crippen LogP contribution in [0.2, 0.25) is 0 Å². The molecule has 0 spiro atoms. The molecule has 0 aliphatic carbocycles. The van der Waals surface area contributed by atoms with Crippen molar-refractivity contribution in [1.82, 2.24) is 14.2 Å². The van der Waals surface area contributed by atoms with Crippen molar-refractivity contribution >= 4 is 27.2 Å². The Hall–Kier alpha value is -1.48. The molecular weight excluding hydrogens is 368 g/mol. The molecule has 2 atom stereocenters. The number of likely N-dealkylation sites (N-methyl/N-ethyl adjacent to an activating group) is 1. The summed E-state index contributed by atoms with van der Waals surface area (Å²) in [6.07, 6.45) is 1.67. The topological polar surface area (TPSA) is 56.8 Å². The average molecular weight is 393 g/mol. The molecule has 0 saturated carbocycles. The number of rotatable bonds is 3. The van der Waals surface area contributed by atoms with E-state index in [1.54, 1.807) is 34.0 Å². The summed E-state index contributed by atoms with van der Waals surface area (Å²) in [5.74, 6) is 0.559. The second kappa shape index (κ2) is 6.60. The van der Waals surface area contributed by atoms with E-state index in [1.165, 1.54) is 4.88 Å². The Bertz CT molecular complexity index is 882. The van der Waals surface area contributed by atoms with E-state index in [0.717, 1.165) is 19.6 Å². The molecule has 2 aliphatic rings. The van der Waals surface area contributed by atoms with E-state index in [0.29, 0.717) is 10.7 Å². The molecule has 140 valence electrons. The predicted molar refractivity (Wildman–Crippen MR) is 104 cm³/mol. The first kappa shape index (κ1) is 17.9. The van der Waals surface area contributed by atoms with E-state index in [1.807, 2.05) is 20.9 Å². The van der Waals surface area contributed by atoms with Crippen LogP contribution in [0.1, 0.15) is 18.7 Å². The van der Waals surface area contributed by atoms with Crippen LogP contribution in [0.25, 0.3) is 0 Å². The summed E-state index contributed by atoms with van der Waals surface area (Å²) in [7, 11) is -1.62. The zero-order chi connectivity index (χ0) is 18.5. The van der Waals surface area contributed by atoms with Gasteiger partial charge in [0.2, 0.25) is 10.0 Å². The minimum Gasteiger partial charge on any atom is -0.353 e. The number of aromatic nitrogens is 1. The third kappa shape index (κ3) is 2.85. The Balaban J connectivity index is 1.75. The normalized spacial score (nSPS) is 25.9. The molecule has 0 aromatic carbocycles. The van der Waals surface area contributed by atoms with Crippen LogP contribution in [0.3, 0.4) is 0 Å². The Labute approximate surface area is 159 Å². The predicted octanol–water partition coefficient (Wildman–Crippen LogP) is 2.25. The van der Waals surface area contributed by atoms with E-state index >= 15 is 0 Å². The van der Waals surface area contributed by atoms with Crippen LogP contribution >= 0.6 is 11.3 Å². The summed E-state index contributed by atoms with van der Waals surface area (Å²) in [5.41, 5.74) is 0. The van der Waals surface area contributed by atoms with Gasteiger partial charge in [0.05, 0.1) is 12.1 Å². The van der Waals surface area contributed by atoms with Crippen molar-refractivity contribution in [3.8, 4) is 0 Å². The first-order chi connectivity index (χ1) is 12.4. The van der Waals surface area contributed by atoms with Gasteiger partial charge in [-0.25, -0.2) is 13.4 Å². The third-order valence-corrected chi connectivity index (χ3v) is 8.25. The molecule has 8 heteroatoms. The van der Waals surface area contributed by atoms with Crippen LogP contribution in [0.4, 0.5) is 5.82 Å². The van der Waals surface area contributed by atoms with Gasteiger partial charge in [-0.15, -0.1) is 11.3 Å². The highest BCUT2D eigenvalue weighted by Crippen LogP contribution is 2.37. The van der Waals surface area contributed by atoms with Gasteiger partial charge in [0, 0.05) is 43.8 Å². The summed E-state index contributed by atoms with van der Waals surface area (Å²) in [6, 6.07) is 7.47. The molecule has 0 unspecified atom stereocenters. The number of fused-ring (bicyclic) bond motifs is 2. The van der Waals surface area contributed by atoms with Crippen molar-refractivity contribution in [2.75, 3.05) is 25.0 Å². The summed E-state index contributed by atoms with van der Waals surface area (Å²) >= 11 is 1.74. The smallest absolute Gasteiger partial charge is 0.247 e. The summed E-state index contributed by atoms with van der Waals surface area (Å²) < 4.78 is 28.5. The standard InChI is InChI=1S/C18H24N4O2S2/c1-13(2)22-16-12-21(10-14-6-5-9-25-14)11-15(16)20(3)18-17(26(22,23)24)7-4-8-19-18/h4-9,13,15-16H,10-12H2,1-3H3/t15-,16-/m1/s1. The number of anilines is 1. The van der Waals surface area contributed by atoms with Crippen LogP contribution in [0, 0.1) is 0 Å². The van der Waals surface area contributed by atoms with E-state index in [2.05, 4.69) is 32.3 Å². The molecule has 1 fully saturated rings. The summed E-state index contributed by atoms with van der Waals surface area (Å²) in [5, 5.41) is 2.08. The second-order valence-electron chi connectivity index (χ2n) is 7.27. The van der Waals surface area contributed by atoms with Gasteiger partial charge in [-0.3, -0.25) is 4.90 Å². The van der Waals surface area contributed by atoms with Crippen LogP contribution in [0.5, 0.6) is 0 Å². The minimum atomic E-state index is -3.59. The minimum absolute atomic E-state index is 0.0841. The molecule has 1 saturated heterocycles. The maximum atomic E-state index is 13.4. The Morgan fingerprint density at radius 3 is 2.69 bits per heavy atom. The van der Waals surface area contributed by atoms with Crippen LogP contribution in [-0.2, 0) is 16.6 Å². The van der Waals surface area contributed by atoms with Gasteiger partial charge in [-0.2, -0.15) is 4.31 Å². The lowest BCUT2D eigenvalue weighted by Gasteiger charge is -2.34. The number of nitrogens with zero attached hydrogens (tertiary/aromatic N) is 4. The lowest BCUT2D eigenvalue weighted by atomic mass is 10.1. The van der Waals surface area contributed by atoms with Gasteiger partial charge in [-0.05, 0) is 37.4 Å². The number of hydrogen-bond acceptors (Lipinski definition) is 6. The van der Waals surface area contributed by atoms with E-state index < -0.39 is 10.0 Å². The Morgan fingerprint density at radius 1 is 1.23 bits per heavy atom. The zero-order valence-corrected chi connectivity index (χ0v) is 16.9. The van der Waals surface area contributed by atoms with Crippen molar-refractivity contribution in [3.63, 3.8) is 0 Å². The molecule has 2 aromatic rings. The number of thiophene rings is 1. The van der Waals surface area contributed by atoms with E-state index in [4.69, 9.17) is 0 Å². The van der Waals surface area contributed by atoms with Crippen LogP contribution < -0.4 is 4.90 Å². The lowest BCUT2D eigenvalue weighted by molar-refractivity contribution is 0.250. The third-order valence-electron chi connectivity index (χ3n) is 5.27.